The van der Waals surface area contributed by atoms with Gasteiger partial charge in [0.05, 0.1) is 31.4 Å². The summed E-state index contributed by atoms with van der Waals surface area (Å²) in [5, 5.41) is 11.1. The van der Waals surface area contributed by atoms with E-state index in [2.05, 4.69) is 0 Å². The summed E-state index contributed by atoms with van der Waals surface area (Å²) in [5.74, 6) is -1.53. The quantitative estimate of drug-likeness (QED) is 0.456. The Morgan fingerprint density at radius 2 is 1.79 bits per heavy atom. The molecule has 1 saturated heterocycles. The summed E-state index contributed by atoms with van der Waals surface area (Å²) in [6.45, 7) is 2.20. The lowest BCUT2D eigenvalue weighted by molar-refractivity contribution is -0.139. The lowest BCUT2D eigenvalue weighted by atomic mass is 9.95. The van der Waals surface area contributed by atoms with Crippen LogP contribution in [0.5, 0.6) is 11.5 Å². The standard InChI is InChI=1S/C22H22FNO5/c1-4-11-24-19(13-5-7-14(23)8-6-13)18(21(26)22(24)27)20(25)16-12-15(28-2)9-10-17(16)29-3/h5-10,12,19,25H,4,11H2,1-3H3/b20-18+. The Bertz CT molecular complexity index is 968. The van der Waals surface area contributed by atoms with E-state index in [0.29, 0.717) is 30.0 Å². The Labute approximate surface area is 168 Å². The molecule has 1 aliphatic rings. The first kappa shape index (κ1) is 20.4. The van der Waals surface area contributed by atoms with Crippen LogP contribution in [0.2, 0.25) is 0 Å². The minimum Gasteiger partial charge on any atom is -0.507 e. The number of ether oxygens (including phenoxy) is 2. The largest absolute Gasteiger partial charge is 0.507 e. The van der Waals surface area contributed by atoms with Crippen molar-refractivity contribution in [2.75, 3.05) is 20.8 Å². The number of likely N-dealkylation sites (tertiary alicyclic amines) is 1. The number of Topliss-reactive ketones (excluding diaryl/α,β-unsaturated/α-hetero) is 1. The number of hydrogen-bond donors (Lipinski definition) is 1. The van der Waals surface area contributed by atoms with Crippen LogP contribution in [-0.2, 0) is 9.59 Å². The molecule has 1 fully saturated rings. The number of carbonyl (C=O) groups excluding carboxylic acids is 2. The summed E-state index contributed by atoms with van der Waals surface area (Å²) in [6.07, 6.45) is 0.618. The highest BCUT2D eigenvalue weighted by Crippen LogP contribution is 2.41. The summed E-state index contributed by atoms with van der Waals surface area (Å²) in [7, 11) is 2.91. The van der Waals surface area contributed by atoms with Gasteiger partial charge in [-0.3, -0.25) is 9.59 Å². The van der Waals surface area contributed by atoms with E-state index < -0.39 is 23.5 Å². The fourth-order valence-corrected chi connectivity index (χ4v) is 3.49. The molecule has 0 spiro atoms. The highest BCUT2D eigenvalue weighted by molar-refractivity contribution is 6.46. The lowest BCUT2D eigenvalue weighted by Crippen LogP contribution is -2.30. The van der Waals surface area contributed by atoms with Crippen molar-refractivity contribution < 1.29 is 28.6 Å². The van der Waals surface area contributed by atoms with E-state index in [4.69, 9.17) is 9.47 Å². The molecule has 6 nitrogen and oxygen atoms in total. The van der Waals surface area contributed by atoms with Crippen LogP contribution in [0.1, 0.15) is 30.5 Å². The van der Waals surface area contributed by atoms with Crippen molar-refractivity contribution >= 4 is 17.4 Å². The number of aliphatic hydroxyl groups is 1. The average molecular weight is 399 g/mol. The zero-order valence-corrected chi connectivity index (χ0v) is 16.4. The van der Waals surface area contributed by atoms with Gasteiger partial charge in [-0.2, -0.15) is 0 Å². The second kappa shape index (κ2) is 8.34. The van der Waals surface area contributed by atoms with Crippen molar-refractivity contribution in [2.45, 2.75) is 19.4 Å². The van der Waals surface area contributed by atoms with Crippen LogP contribution in [0.3, 0.4) is 0 Å². The third-order valence-corrected chi connectivity index (χ3v) is 4.85. The van der Waals surface area contributed by atoms with Crippen molar-refractivity contribution in [1.29, 1.82) is 0 Å². The average Bonchev–Trinajstić information content (AvgIpc) is 2.98. The van der Waals surface area contributed by atoms with E-state index in [1.807, 2.05) is 6.92 Å². The molecule has 0 saturated carbocycles. The van der Waals surface area contributed by atoms with Gasteiger partial charge in [0.25, 0.3) is 11.7 Å². The monoisotopic (exact) mass is 399 g/mol. The molecule has 1 amide bonds. The summed E-state index contributed by atoms with van der Waals surface area (Å²) in [5.41, 5.74) is 0.692. The molecule has 1 heterocycles. The van der Waals surface area contributed by atoms with Crippen LogP contribution < -0.4 is 9.47 Å². The normalized spacial score (nSPS) is 18.2. The number of hydrogen-bond acceptors (Lipinski definition) is 5. The molecule has 0 aromatic heterocycles. The summed E-state index contributed by atoms with van der Waals surface area (Å²) in [6, 6.07) is 9.48. The van der Waals surface area contributed by atoms with Crippen LogP contribution in [0, 0.1) is 5.82 Å². The first-order valence-corrected chi connectivity index (χ1v) is 9.19. The molecule has 1 N–H and O–H groups in total. The highest BCUT2D eigenvalue weighted by atomic mass is 19.1. The van der Waals surface area contributed by atoms with Gasteiger partial charge in [-0.1, -0.05) is 19.1 Å². The molecule has 2 aromatic rings. The van der Waals surface area contributed by atoms with Crippen LogP contribution in [0.15, 0.2) is 48.0 Å². The number of ketones is 1. The molecule has 0 radical (unpaired) electrons. The second-order valence-corrected chi connectivity index (χ2v) is 6.61. The third kappa shape index (κ3) is 3.68. The molecule has 2 aromatic carbocycles. The van der Waals surface area contributed by atoms with Gasteiger partial charge in [-0.25, -0.2) is 4.39 Å². The number of benzene rings is 2. The van der Waals surface area contributed by atoms with E-state index in [1.165, 1.54) is 49.5 Å². The maximum Gasteiger partial charge on any atom is 0.295 e. The third-order valence-electron chi connectivity index (χ3n) is 4.85. The van der Waals surface area contributed by atoms with E-state index in [9.17, 15) is 19.1 Å². The van der Waals surface area contributed by atoms with Gasteiger partial charge in [0.1, 0.15) is 23.1 Å². The molecule has 152 valence electrons. The number of aliphatic hydroxyl groups excluding tert-OH is 1. The Hall–Kier alpha value is -3.35. The van der Waals surface area contributed by atoms with E-state index in [1.54, 1.807) is 12.1 Å². The number of methoxy groups -OCH3 is 2. The van der Waals surface area contributed by atoms with Crippen molar-refractivity contribution in [2.24, 2.45) is 0 Å². The van der Waals surface area contributed by atoms with Gasteiger partial charge in [-0.05, 0) is 42.3 Å². The molecule has 0 bridgehead atoms. The molecule has 7 heteroatoms. The molecule has 29 heavy (non-hydrogen) atoms. The molecule has 3 rings (SSSR count). The Morgan fingerprint density at radius 1 is 1.10 bits per heavy atom. The van der Waals surface area contributed by atoms with Gasteiger partial charge >= 0.3 is 0 Å². The predicted molar refractivity (Wildman–Crippen MR) is 105 cm³/mol. The van der Waals surface area contributed by atoms with Gasteiger partial charge in [0.2, 0.25) is 0 Å². The summed E-state index contributed by atoms with van der Waals surface area (Å²) < 4.78 is 24.0. The molecular formula is C22H22FNO5. The molecule has 0 aliphatic carbocycles. The second-order valence-electron chi connectivity index (χ2n) is 6.61. The molecule has 1 unspecified atom stereocenters. The maximum atomic E-state index is 13.4. The minimum atomic E-state index is -0.827. The molecule has 1 aliphatic heterocycles. The van der Waals surface area contributed by atoms with Gasteiger partial charge in [0, 0.05) is 6.54 Å². The lowest BCUT2D eigenvalue weighted by Gasteiger charge is -2.25. The van der Waals surface area contributed by atoms with Crippen molar-refractivity contribution in [1.82, 2.24) is 4.90 Å². The number of carbonyl (C=O) groups is 2. The van der Waals surface area contributed by atoms with E-state index in [0.717, 1.165) is 0 Å². The number of nitrogens with zero attached hydrogens (tertiary/aromatic N) is 1. The Morgan fingerprint density at radius 3 is 2.38 bits per heavy atom. The van der Waals surface area contributed by atoms with Crippen molar-refractivity contribution in [3.63, 3.8) is 0 Å². The fourth-order valence-electron chi connectivity index (χ4n) is 3.49. The predicted octanol–water partition coefficient (Wildman–Crippen LogP) is 3.67. The Kier molecular flexibility index (Phi) is 5.87. The van der Waals surface area contributed by atoms with Gasteiger partial charge in [0.15, 0.2) is 0 Å². The highest BCUT2D eigenvalue weighted by Gasteiger charge is 2.45. The fraction of sp³-hybridized carbons (Fsp3) is 0.273. The number of halogens is 1. The van der Waals surface area contributed by atoms with Crippen LogP contribution in [0.25, 0.3) is 5.76 Å². The van der Waals surface area contributed by atoms with Crippen molar-refractivity contribution in [3.05, 3.63) is 65.0 Å². The number of amides is 1. The van der Waals surface area contributed by atoms with E-state index >= 15 is 0 Å². The summed E-state index contributed by atoms with van der Waals surface area (Å²) >= 11 is 0. The van der Waals surface area contributed by atoms with Gasteiger partial charge in [-0.15, -0.1) is 0 Å². The molecular weight excluding hydrogens is 377 g/mol. The first-order chi connectivity index (χ1) is 13.9. The van der Waals surface area contributed by atoms with Crippen LogP contribution in [0.4, 0.5) is 4.39 Å². The van der Waals surface area contributed by atoms with Crippen molar-refractivity contribution in [3.8, 4) is 11.5 Å². The van der Waals surface area contributed by atoms with E-state index in [-0.39, 0.29) is 16.9 Å². The maximum absolute atomic E-state index is 13.4. The summed E-state index contributed by atoms with van der Waals surface area (Å²) in [4.78, 5) is 26.9. The van der Waals surface area contributed by atoms with Crippen LogP contribution in [-0.4, -0.2) is 42.5 Å². The SMILES string of the molecule is CCCN1C(=O)C(=O)/C(=C(/O)c2cc(OC)ccc2OC)C1c1ccc(F)cc1. The smallest absolute Gasteiger partial charge is 0.295 e. The topological polar surface area (TPSA) is 76.1 Å². The van der Waals surface area contributed by atoms with Crippen LogP contribution >= 0.6 is 0 Å². The zero-order valence-electron chi connectivity index (χ0n) is 16.4. The number of rotatable bonds is 6. The zero-order chi connectivity index (χ0) is 21.1. The Balaban J connectivity index is 2.24. The molecule has 1 atom stereocenters. The van der Waals surface area contributed by atoms with Gasteiger partial charge < -0.3 is 19.5 Å². The minimum absolute atomic E-state index is 0.0680. The first-order valence-electron chi connectivity index (χ1n) is 9.19.